The highest BCUT2D eigenvalue weighted by Crippen LogP contribution is 2.37. The highest BCUT2D eigenvalue weighted by atomic mass is 16.5. The molecule has 0 bridgehead atoms. The number of benzene rings is 2. The summed E-state index contributed by atoms with van der Waals surface area (Å²) in [6, 6.07) is 19.4. The molecule has 0 saturated carbocycles. The van der Waals surface area contributed by atoms with E-state index in [9.17, 15) is 0 Å². The Morgan fingerprint density at radius 1 is 1.00 bits per heavy atom. The van der Waals surface area contributed by atoms with Crippen LogP contribution >= 0.6 is 0 Å². The van der Waals surface area contributed by atoms with Crippen LogP contribution in [-0.2, 0) is 11.2 Å². The number of morpholine rings is 1. The van der Waals surface area contributed by atoms with Gasteiger partial charge in [-0.25, -0.2) is 0 Å². The molecule has 2 atom stereocenters. The van der Waals surface area contributed by atoms with Gasteiger partial charge in [0.1, 0.15) is 11.9 Å². The van der Waals surface area contributed by atoms with Crippen LogP contribution < -0.4 is 4.74 Å². The number of para-hydroxylation sites is 1. The van der Waals surface area contributed by atoms with Crippen molar-refractivity contribution >= 4 is 10.9 Å². The maximum Gasteiger partial charge on any atom is 0.140 e. The molecule has 138 valence electrons. The first-order valence-electron chi connectivity index (χ1n) is 9.79. The molecule has 1 aliphatic carbocycles. The lowest BCUT2D eigenvalue weighted by molar-refractivity contribution is -0.0215. The predicted octanol–water partition coefficient (Wildman–Crippen LogP) is 4.00. The summed E-state index contributed by atoms with van der Waals surface area (Å²) in [5.74, 6) is 0.841. The maximum absolute atomic E-state index is 6.61. The van der Waals surface area contributed by atoms with Crippen molar-refractivity contribution in [1.29, 1.82) is 0 Å². The molecule has 1 saturated heterocycles. The summed E-state index contributed by atoms with van der Waals surface area (Å²) < 4.78 is 12.2. The number of ether oxygens (including phenoxy) is 2. The van der Waals surface area contributed by atoms with Crippen molar-refractivity contribution in [1.82, 2.24) is 9.88 Å². The average molecular weight is 360 g/mol. The van der Waals surface area contributed by atoms with E-state index in [0.29, 0.717) is 6.04 Å². The SMILES string of the molecule is c1ccc2c(c1)CC[C@H](N1CCOCC1)[C@H]2Oc1cnc2ccccc2c1. The second kappa shape index (κ2) is 7.29. The molecule has 0 N–H and O–H groups in total. The number of fused-ring (bicyclic) bond motifs is 2. The standard InChI is InChI=1S/C23H24N2O2/c1-3-7-20-17(5-1)9-10-22(25-11-13-26-14-12-25)23(20)27-19-15-18-6-2-4-8-21(18)24-16-19/h1-8,15-16,22-23H,9-14H2/t22-,23-/m0/s1. The van der Waals surface area contributed by atoms with E-state index in [0.717, 1.165) is 55.8 Å². The Hall–Kier alpha value is -2.43. The van der Waals surface area contributed by atoms with E-state index in [4.69, 9.17) is 9.47 Å². The van der Waals surface area contributed by atoms with Gasteiger partial charge >= 0.3 is 0 Å². The molecule has 1 aromatic heterocycles. The third-order valence-corrected chi connectivity index (χ3v) is 5.76. The van der Waals surface area contributed by atoms with Gasteiger partial charge < -0.3 is 9.47 Å². The van der Waals surface area contributed by atoms with E-state index in [1.54, 1.807) is 0 Å². The second-order valence-corrected chi connectivity index (χ2v) is 7.36. The smallest absolute Gasteiger partial charge is 0.140 e. The van der Waals surface area contributed by atoms with Crippen LogP contribution in [0.2, 0.25) is 0 Å². The minimum Gasteiger partial charge on any atom is -0.482 e. The molecule has 2 heterocycles. The van der Waals surface area contributed by atoms with Crippen LogP contribution in [0.25, 0.3) is 10.9 Å². The molecule has 5 rings (SSSR count). The molecule has 2 aliphatic rings. The number of aromatic nitrogens is 1. The lowest BCUT2D eigenvalue weighted by Crippen LogP contribution is -2.49. The van der Waals surface area contributed by atoms with E-state index in [1.165, 1.54) is 11.1 Å². The Balaban J connectivity index is 1.50. The average Bonchev–Trinajstić information content (AvgIpc) is 2.74. The molecular weight excluding hydrogens is 336 g/mol. The number of pyridine rings is 1. The summed E-state index contributed by atoms with van der Waals surface area (Å²) in [7, 11) is 0. The van der Waals surface area contributed by atoms with Crippen molar-refractivity contribution < 1.29 is 9.47 Å². The lowest BCUT2D eigenvalue weighted by atomic mass is 9.84. The van der Waals surface area contributed by atoms with Crippen molar-refractivity contribution in [2.24, 2.45) is 0 Å². The molecular formula is C23H24N2O2. The molecule has 2 aromatic carbocycles. The van der Waals surface area contributed by atoms with Crippen molar-refractivity contribution in [3.63, 3.8) is 0 Å². The molecule has 4 heteroatoms. The van der Waals surface area contributed by atoms with Gasteiger partial charge in [-0.15, -0.1) is 0 Å². The zero-order chi connectivity index (χ0) is 18.1. The van der Waals surface area contributed by atoms with Gasteiger partial charge in [0.2, 0.25) is 0 Å². The van der Waals surface area contributed by atoms with E-state index in [2.05, 4.69) is 46.3 Å². The fourth-order valence-corrected chi connectivity index (χ4v) is 4.39. The molecule has 3 aromatic rings. The fraction of sp³-hybridized carbons (Fsp3) is 0.348. The maximum atomic E-state index is 6.61. The summed E-state index contributed by atoms with van der Waals surface area (Å²) in [5, 5.41) is 1.11. The fourth-order valence-electron chi connectivity index (χ4n) is 4.39. The zero-order valence-electron chi connectivity index (χ0n) is 15.4. The molecule has 1 aliphatic heterocycles. The number of hydrogen-bond acceptors (Lipinski definition) is 4. The molecule has 4 nitrogen and oxygen atoms in total. The van der Waals surface area contributed by atoms with Crippen molar-refractivity contribution in [3.8, 4) is 5.75 Å². The highest BCUT2D eigenvalue weighted by Gasteiger charge is 2.35. The van der Waals surface area contributed by atoms with Crippen LogP contribution in [0.1, 0.15) is 23.7 Å². The van der Waals surface area contributed by atoms with Crippen LogP contribution in [0.5, 0.6) is 5.75 Å². The number of nitrogens with zero attached hydrogens (tertiary/aromatic N) is 2. The largest absolute Gasteiger partial charge is 0.482 e. The monoisotopic (exact) mass is 360 g/mol. The van der Waals surface area contributed by atoms with Gasteiger partial charge in [0.15, 0.2) is 0 Å². The van der Waals surface area contributed by atoms with Gasteiger partial charge in [-0.2, -0.15) is 0 Å². The molecule has 0 amide bonds. The van der Waals surface area contributed by atoms with E-state index >= 15 is 0 Å². The second-order valence-electron chi connectivity index (χ2n) is 7.36. The summed E-state index contributed by atoms with van der Waals surface area (Å²) in [5.41, 5.74) is 3.72. The Kier molecular flexibility index (Phi) is 4.52. The van der Waals surface area contributed by atoms with Gasteiger partial charge in [-0.3, -0.25) is 9.88 Å². The normalized spacial score (nSPS) is 23.1. The van der Waals surface area contributed by atoms with E-state index < -0.39 is 0 Å². The lowest BCUT2D eigenvalue weighted by Gasteiger charge is -2.42. The van der Waals surface area contributed by atoms with Crippen LogP contribution in [0.4, 0.5) is 0 Å². The molecule has 0 radical (unpaired) electrons. The van der Waals surface area contributed by atoms with Gasteiger partial charge in [0, 0.05) is 18.5 Å². The Labute approximate surface area is 159 Å². The molecule has 1 fully saturated rings. The van der Waals surface area contributed by atoms with Crippen molar-refractivity contribution in [3.05, 3.63) is 71.9 Å². The number of aryl methyl sites for hydroxylation is 1. The topological polar surface area (TPSA) is 34.6 Å². The summed E-state index contributed by atoms with van der Waals surface area (Å²) in [4.78, 5) is 7.12. The zero-order valence-corrected chi connectivity index (χ0v) is 15.4. The van der Waals surface area contributed by atoms with Crippen LogP contribution in [0, 0.1) is 0 Å². The molecule has 27 heavy (non-hydrogen) atoms. The first kappa shape index (κ1) is 16.7. The minimum absolute atomic E-state index is 0.0241. The van der Waals surface area contributed by atoms with Crippen molar-refractivity contribution in [2.45, 2.75) is 25.0 Å². The number of hydrogen-bond donors (Lipinski definition) is 0. The van der Waals surface area contributed by atoms with Crippen molar-refractivity contribution in [2.75, 3.05) is 26.3 Å². The van der Waals surface area contributed by atoms with E-state index in [1.807, 2.05) is 24.4 Å². The van der Waals surface area contributed by atoms with Gasteiger partial charge in [-0.05, 0) is 36.1 Å². The quantitative estimate of drug-likeness (QED) is 0.707. The molecule has 0 unspecified atom stereocenters. The number of rotatable bonds is 3. The van der Waals surface area contributed by atoms with Crippen LogP contribution in [0.15, 0.2) is 60.8 Å². The van der Waals surface area contributed by atoms with Crippen LogP contribution in [0.3, 0.4) is 0 Å². The summed E-state index contributed by atoms with van der Waals surface area (Å²) in [6.45, 7) is 3.57. The van der Waals surface area contributed by atoms with E-state index in [-0.39, 0.29) is 6.10 Å². The Bertz CT molecular complexity index is 936. The third kappa shape index (κ3) is 3.31. The van der Waals surface area contributed by atoms with Gasteiger partial charge in [0.25, 0.3) is 0 Å². The summed E-state index contributed by atoms with van der Waals surface area (Å²) in [6.07, 6.45) is 4.10. The third-order valence-electron chi connectivity index (χ3n) is 5.76. The first-order valence-corrected chi connectivity index (χ1v) is 9.79. The van der Waals surface area contributed by atoms with Crippen LogP contribution in [-0.4, -0.2) is 42.2 Å². The Morgan fingerprint density at radius 2 is 1.81 bits per heavy atom. The van der Waals surface area contributed by atoms with Gasteiger partial charge in [-0.1, -0.05) is 42.5 Å². The minimum atomic E-state index is 0.0241. The summed E-state index contributed by atoms with van der Waals surface area (Å²) >= 11 is 0. The highest BCUT2D eigenvalue weighted by molar-refractivity contribution is 5.79. The first-order chi connectivity index (χ1) is 13.4. The molecule has 0 spiro atoms. The predicted molar refractivity (Wildman–Crippen MR) is 106 cm³/mol. The van der Waals surface area contributed by atoms with Gasteiger partial charge in [0.05, 0.1) is 31.0 Å². The Morgan fingerprint density at radius 3 is 2.74 bits per heavy atom.